The van der Waals surface area contributed by atoms with Gasteiger partial charge in [0.15, 0.2) is 0 Å². The zero-order valence-corrected chi connectivity index (χ0v) is 9.97. The third kappa shape index (κ3) is 1.80. The second-order valence-corrected chi connectivity index (χ2v) is 4.71. The van der Waals surface area contributed by atoms with Crippen LogP contribution in [0.5, 0.6) is 0 Å². The van der Waals surface area contributed by atoms with Crippen LogP contribution in [0.1, 0.15) is 23.5 Å². The Balaban J connectivity index is 2.01. The van der Waals surface area contributed by atoms with Gasteiger partial charge in [-0.3, -0.25) is 4.79 Å². The molecule has 90 valence electrons. The van der Waals surface area contributed by atoms with Gasteiger partial charge in [-0.2, -0.15) is 0 Å². The maximum absolute atomic E-state index is 11.1. The van der Waals surface area contributed by atoms with Crippen LogP contribution < -0.4 is 0 Å². The largest absolute Gasteiger partial charge is 0.481 e. The minimum atomic E-state index is -0.707. The highest BCUT2D eigenvalue weighted by molar-refractivity contribution is 5.79. The average Bonchev–Trinajstić information content (AvgIpc) is 2.82. The lowest BCUT2D eigenvalue weighted by atomic mass is 9.97. The zero-order chi connectivity index (χ0) is 12.5. The molecule has 0 heterocycles. The van der Waals surface area contributed by atoms with Crippen molar-refractivity contribution in [3.8, 4) is 11.1 Å². The molecule has 0 aliphatic heterocycles. The van der Waals surface area contributed by atoms with Crippen LogP contribution >= 0.6 is 0 Å². The van der Waals surface area contributed by atoms with Crippen molar-refractivity contribution in [3.63, 3.8) is 0 Å². The van der Waals surface area contributed by atoms with Crippen molar-refractivity contribution < 1.29 is 9.90 Å². The van der Waals surface area contributed by atoms with Gasteiger partial charge in [-0.15, -0.1) is 0 Å². The molecule has 1 unspecified atom stereocenters. The van der Waals surface area contributed by atoms with Crippen LogP contribution in [0.4, 0.5) is 0 Å². The Bertz CT molecular complexity index is 587. The average molecular weight is 238 g/mol. The number of benzene rings is 2. The molecule has 0 saturated heterocycles. The maximum atomic E-state index is 11.1. The van der Waals surface area contributed by atoms with Gasteiger partial charge in [0.05, 0.1) is 5.92 Å². The lowest BCUT2D eigenvalue weighted by Crippen LogP contribution is -2.07. The lowest BCUT2D eigenvalue weighted by molar-refractivity contribution is -0.138. The molecule has 3 rings (SSSR count). The summed E-state index contributed by atoms with van der Waals surface area (Å²) in [4.78, 5) is 11.1. The van der Waals surface area contributed by atoms with E-state index in [2.05, 4.69) is 18.2 Å². The van der Waals surface area contributed by atoms with Crippen molar-refractivity contribution in [3.05, 3.63) is 59.7 Å². The number of hydrogen-bond donors (Lipinski definition) is 1. The molecule has 2 heteroatoms. The van der Waals surface area contributed by atoms with Crippen molar-refractivity contribution in [2.45, 2.75) is 18.8 Å². The van der Waals surface area contributed by atoms with E-state index in [4.69, 9.17) is 5.11 Å². The number of fused-ring (bicyclic) bond motifs is 1. The van der Waals surface area contributed by atoms with Gasteiger partial charge in [0.1, 0.15) is 0 Å². The minimum Gasteiger partial charge on any atom is -0.481 e. The third-order valence-corrected chi connectivity index (χ3v) is 3.63. The Labute approximate surface area is 106 Å². The quantitative estimate of drug-likeness (QED) is 0.869. The molecule has 0 radical (unpaired) electrons. The summed E-state index contributed by atoms with van der Waals surface area (Å²) in [5.41, 5.74) is 4.52. The van der Waals surface area contributed by atoms with E-state index in [1.807, 2.05) is 30.3 Å². The van der Waals surface area contributed by atoms with Gasteiger partial charge >= 0.3 is 5.97 Å². The monoisotopic (exact) mass is 238 g/mol. The summed E-state index contributed by atoms with van der Waals surface area (Å²) in [6.45, 7) is 0. The van der Waals surface area contributed by atoms with Crippen molar-refractivity contribution in [1.29, 1.82) is 0 Å². The van der Waals surface area contributed by atoms with Gasteiger partial charge < -0.3 is 5.11 Å². The minimum absolute atomic E-state index is 0.315. The highest BCUT2D eigenvalue weighted by atomic mass is 16.4. The van der Waals surface area contributed by atoms with E-state index < -0.39 is 5.97 Å². The number of aryl methyl sites for hydroxylation is 1. The van der Waals surface area contributed by atoms with Crippen molar-refractivity contribution in [2.24, 2.45) is 0 Å². The van der Waals surface area contributed by atoms with Gasteiger partial charge in [0.25, 0.3) is 0 Å². The van der Waals surface area contributed by atoms with Gasteiger partial charge in [-0.05, 0) is 35.1 Å². The second kappa shape index (κ2) is 4.30. The molecule has 18 heavy (non-hydrogen) atoms. The van der Waals surface area contributed by atoms with Crippen LogP contribution in [0, 0.1) is 0 Å². The topological polar surface area (TPSA) is 37.3 Å². The Morgan fingerprint density at radius 3 is 2.56 bits per heavy atom. The van der Waals surface area contributed by atoms with Gasteiger partial charge in [-0.1, -0.05) is 48.5 Å². The van der Waals surface area contributed by atoms with Gasteiger partial charge in [-0.25, -0.2) is 0 Å². The van der Waals surface area contributed by atoms with Crippen LogP contribution in [-0.2, 0) is 11.2 Å². The van der Waals surface area contributed by atoms with E-state index in [-0.39, 0.29) is 5.92 Å². The molecule has 0 saturated carbocycles. The fourth-order valence-electron chi connectivity index (χ4n) is 2.68. The van der Waals surface area contributed by atoms with Crippen molar-refractivity contribution in [1.82, 2.24) is 0 Å². The van der Waals surface area contributed by atoms with Crippen LogP contribution in [0.3, 0.4) is 0 Å². The van der Waals surface area contributed by atoms with Gasteiger partial charge in [0, 0.05) is 0 Å². The molecule has 2 aromatic rings. The third-order valence-electron chi connectivity index (χ3n) is 3.63. The molecule has 2 nitrogen and oxygen atoms in total. The molecule has 1 N–H and O–H groups in total. The Morgan fingerprint density at radius 1 is 1.06 bits per heavy atom. The van der Waals surface area contributed by atoms with Crippen LogP contribution in [0.15, 0.2) is 48.5 Å². The molecule has 0 spiro atoms. The second-order valence-electron chi connectivity index (χ2n) is 4.71. The smallest absolute Gasteiger partial charge is 0.310 e. The predicted octanol–water partition coefficient (Wildman–Crippen LogP) is 3.47. The zero-order valence-electron chi connectivity index (χ0n) is 9.97. The number of carboxylic acids is 1. The van der Waals surface area contributed by atoms with E-state index >= 15 is 0 Å². The normalized spacial score (nSPS) is 17.4. The summed E-state index contributed by atoms with van der Waals surface area (Å²) >= 11 is 0. The first kappa shape index (κ1) is 11.0. The first-order valence-electron chi connectivity index (χ1n) is 6.17. The molecule has 1 atom stereocenters. The fourth-order valence-corrected chi connectivity index (χ4v) is 2.68. The van der Waals surface area contributed by atoms with E-state index in [0.717, 1.165) is 18.4 Å². The molecule has 1 aliphatic rings. The highest BCUT2D eigenvalue weighted by Gasteiger charge is 2.28. The molecule has 0 amide bonds. The highest BCUT2D eigenvalue weighted by Crippen LogP contribution is 2.35. The summed E-state index contributed by atoms with van der Waals surface area (Å²) < 4.78 is 0. The van der Waals surface area contributed by atoms with Crippen molar-refractivity contribution in [2.75, 3.05) is 0 Å². The summed E-state index contributed by atoms with van der Waals surface area (Å²) in [5.74, 6) is -1.02. The first-order valence-corrected chi connectivity index (χ1v) is 6.17. The Hall–Kier alpha value is -2.09. The molecule has 0 bridgehead atoms. The molecular formula is C16H14O2. The molecule has 2 aromatic carbocycles. The first-order chi connectivity index (χ1) is 8.75. The Morgan fingerprint density at radius 2 is 1.83 bits per heavy atom. The summed E-state index contributed by atoms with van der Waals surface area (Å²) in [6, 6.07) is 16.3. The SMILES string of the molecule is O=C(O)C1CCc2cc(-c3ccccc3)ccc21. The van der Waals surface area contributed by atoms with Crippen molar-refractivity contribution >= 4 is 5.97 Å². The number of carbonyl (C=O) groups is 1. The Kier molecular flexibility index (Phi) is 2.63. The summed E-state index contributed by atoms with van der Waals surface area (Å²) in [7, 11) is 0. The number of rotatable bonds is 2. The molecular weight excluding hydrogens is 224 g/mol. The van der Waals surface area contributed by atoms with Crippen LogP contribution in [0.25, 0.3) is 11.1 Å². The predicted molar refractivity (Wildman–Crippen MR) is 70.6 cm³/mol. The summed E-state index contributed by atoms with van der Waals surface area (Å²) in [6.07, 6.45) is 1.59. The van der Waals surface area contributed by atoms with E-state index in [1.54, 1.807) is 0 Å². The molecule has 0 aromatic heterocycles. The molecule has 1 aliphatic carbocycles. The van der Waals surface area contributed by atoms with Crippen LogP contribution in [-0.4, -0.2) is 11.1 Å². The fraction of sp³-hybridized carbons (Fsp3) is 0.188. The standard InChI is InChI=1S/C16H14O2/c17-16(18)15-9-7-13-10-12(6-8-14(13)15)11-4-2-1-3-5-11/h1-6,8,10,15H,7,9H2,(H,17,18). The summed E-state index contributed by atoms with van der Waals surface area (Å²) in [5, 5.41) is 9.15. The molecule has 0 fully saturated rings. The van der Waals surface area contributed by atoms with E-state index in [1.165, 1.54) is 16.7 Å². The number of carboxylic acid groups (broad SMARTS) is 1. The lowest BCUT2D eigenvalue weighted by Gasteiger charge is -2.08. The number of hydrogen-bond acceptors (Lipinski definition) is 1. The van der Waals surface area contributed by atoms with Crippen LogP contribution in [0.2, 0.25) is 0 Å². The maximum Gasteiger partial charge on any atom is 0.310 e. The number of aliphatic carboxylic acids is 1. The van der Waals surface area contributed by atoms with E-state index in [9.17, 15) is 4.79 Å². The van der Waals surface area contributed by atoms with Gasteiger partial charge in [0.2, 0.25) is 0 Å². The van der Waals surface area contributed by atoms with E-state index in [0.29, 0.717) is 0 Å².